The van der Waals surface area contributed by atoms with Crippen LogP contribution in [0, 0.1) is 6.92 Å². The first-order valence-electron chi connectivity index (χ1n) is 12.2. The summed E-state index contributed by atoms with van der Waals surface area (Å²) < 4.78 is 5.75. The zero-order chi connectivity index (χ0) is 25.9. The summed E-state index contributed by atoms with van der Waals surface area (Å²) in [4.78, 5) is 29.9. The van der Waals surface area contributed by atoms with Gasteiger partial charge in [0.25, 0.3) is 11.7 Å². The minimum absolute atomic E-state index is 0.0234. The summed E-state index contributed by atoms with van der Waals surface area (Å²) in [5.74, 6) is -0.664. The molecule has 3 rings (SSSR count). The molecule has 6 nitrogen and oxygen atoms in total. The van der Waals surface area contributed by atoms with E-state index in [-0.39, 0.29) is 16.7 Å². The van der Waals surface area contributed by atoms with Crippen molar-refractivity contribution in [1.29, 1.82) is 0 Å². The van der Waals surface area contributed by atoms with Crippen molar-refractivity contribution < 1.29 is 19.4 Å². The molecule has 1 atom stereocenters. The number of aliphatic hydroxyl groups is 1. The average molecular weight is 479 g/mol. The number of Topliss-reactive ketones (excluding diaryl/α,β-unsaturated/α-hetero) is 1. The molecule has 0 aromatic heterocycles. The van der Waals surface area contributed by atoms with Crippen molar-refractivity contribution in [1.82, 2.24) is 9.80 Å². The lowest BCUT2D eigenvalue weighted by Gasteiger charge is -2.27. The number of hydrogen-bond donors (Lipinski definition) is 1. The molecule has 1 unspecified atom stereocenters. The fourth-order valence-corrected chi connectivity index (χ4v) is 4.26. The number of ketones is 1. The van der Waals surface area contributed by atoms with Crippen LogP contribution in [0.1, 0.15) is 62.4 Å². The summed E-state index contributed by atoms with van der Waals surface area (Å²) in [5, 5.41) is 11.3. The van der Waals surface area contributed by atoms with Crippen LogP contribution in [0.15, 0.2) is 48.0 Å². The Labute approximate surface area is 209 Å². The lowest BCUT2D eigenvalue weighted by Crippen LogP contribution is -2.35. The van der Waals surface area contributed by atoms with Crippen LogP contribution in [0.25, 0.3) is 5.76 Å². The van der Waals surface area contributed by atoms with Gasteiger partial charge in [0, 0.05) is 18.7 Å². The van der Waals surface area contributed by atoms with Crippen LogP contribution >= 0.6 is 0 Å². The molecular formula is C29H38N2O4. The number of rotatable bonds is 8. The van der Waals surface area contributed by atoms with Gasteiger partial charge in [-0.15, -0.1) is 0 Å². The number of aryl methyl sites for hydroxylation is 1. The summed E-state index contributed by atoms with van der Waals surface area (Å²) in [6, 6.07) is 12.7. The molecule has 1 N–H and O–H groups in total. The second-order valence-corrected chi connectivity index (χ2v) is 10.5. The van der Waals surface area contributed by atoms with Crippen molar-refractivity contribution in [3.63, 3.8) is 0 Å². The number of hydrogen-bond acceptors (Lipinski definition) is 5. The first-order valence-corrected chi connectivity index (χ1v) is 12.2. The zero-order valence-electron chi connectivity index (χ0n) is 22.0. The maximum Gasteiger partial charge on any atom is 0.295 e. The van der Waals surface area contributed by atoms with Crippen LogP contribution in [-0.4, -0.2) is 60.4 Å². The number of carbonyl (C=O) groups excluding carboxylic acids is 2. The third-order valence-corrected chi connectivity index (χ3v) is 6.33. The van der Waals surface area contributed by atoms with Gasteiger partial charge < -0.3 is 19.6 Å². The summed E-state index contributed by atoms with van der Waals surface area (Å²) in [6.45, 7) is 12.0. The predicted molar refractivity (Wildman–Crippen MR) is 140 cm³/mol. The highest BCUT2D eigenvalue weighted by Gasteiger charge is 2.46. The van der Waals surface area contributed by atoms with Crippen LogP contribution in [-0.2, 0) is 15.0 Å². The first kappa shape index (κ1) is 26.5. The third-order valence-electron chi connectivity index (χ3n) is 6.33. The number of ether oxygens (including phenoxy) is 1. The molecule has 1 aliphatic heterocycles. The van der Waals surface area contributed by atoms with E-state index < -0.39 is 17.7 Å². The standard InChI is InChI=1S/C29H38N2O4/c1-8-17-35-23-14-11-21(18-19(23)2)26(32)24-25(20-9-12-22(13-10-20)29(3,4)5)31(16-15-30(6)7)28(34)27(24)33/h9-14,18,25,32H,8,15-17H2,1-7H3/b26-24-. The van der Waals surface area contributed by atoms with E-state index in [4.69, 9.17) is 4.74 Å². The molecule has 0 spiro atoms. The predicted octanol–water partition coefficient (Wildman–Crippen LogP) is 5.06. The van der Waals surface area contributed by atoms with Crippen LogP contribution in [0.5, 0.6) is 5.75 Å². The van der Waals surface area contributed by atoms with E-state index in [0.717, 1.165) is 28.9 Å². The van der Waals surface area contributed by atoms with Crippen LogP contribution < -0.4 is 4.74 Å². The van der Waals surface area contributed by atoms with Gasteiger partial charge in [0.1, 0.15) is 11.5 Å². The Morgan fingerprint density at radius 1 is 1.09 bits per heavy atom. The fraction of sp³-hybridized carbons (Fsp3) is 0.448. The van der Waals surface area contributed by atoms with Gasteiger partial charge in [-0.3, -0.25) is 9.59 Å². The van der Waals surface area contributed by atoms with Crippen LogP contribution in [0.3, 0.4) is 0 Å². The number of aliphatic hydroxyl groups excluding tert-OH is 1. The molecule has 1 amide bonds. The van der Waals surface area contributed by atoms with Crippen LogP contribution in [0.4, 0.5) is 0 Å². The summed E-state index contributed by atoms with van der Waals surface area (Å²) in [7, 11) is 3.85. The van der Waals surface area contributed by atoms with Crippen molar-refractivity contribution in [3.05, 3.63) is 70.3 Å². The number of likely N-dealkylation sites (tertiary alicyclic amines) is 1. The van der Waals surface area contributed by atoms with Gasteiger partial charge in [-0.25, -0.2) is 0 Å². The highest BCUT2D eigenvalue weighted by molar-refractivity contribution is 6.46. The Kier molecular flexibility index (Phi) is 8.06. The van der Waals surface area contributed by atoms with E-state index in [2.05, 4.69) is 20.8 Å². The van der Waals surface area contributed by atoms with Gasteiger partial charge in [-0.2, -0.15) is 0 Å². The van der Waals surface area contributed by atoms with Gasteiger partial charge in [0.15, 0.2) is 0 Å². The van der Waals surface area contributed by atoms with Crippen molar-refractivity contribution in [2.24, 2.45) is 0 Å². The molecule has 188 valence electrons. The molecule has 1 heterocycles. The van der Waals surface area contributed by atoms with Gasteiger partial charge in [0.2, 0.25) is 0 Å². The molecule has 1 aliphatic rings. The summed E-state index contributed by atoms with van der Waals surface area (Å²) in [6.07, 6.45) is 0.894. The van der Waals surface area contributed by atoms with E-state index in [1.807, 2.05) is 57.1 Å². The van der Waals surface area contributed by atoms with Crippen molar-refractivity contribution >= 4 is 17.4 Å². The Morgan fingerprint density at radius 2 is 1.74 bits per heavy atom. The monoisotopic (exact) mass is 478 g/mol. The Hall–Kier alpha value is -3.12. The molecule has 35 heavy (non-hydrogen) atoms. The second kappa shape index (κ2) is 10.6. The normalized spacial score (nSPS) is 17.9. The molecule has 0 bridgehead atoms. The number of carbonyl (C=O) groups is 2. The molecule has 1 saturated heterocycles. The number of likely N-dealkylation sites (N-methyl/N-ethyl adjacent to an activating group) is 1. The largest absolute Gasteiger partial charge is 0.507 e. The van der Waals surface area contributed by atoms with E-state index in [9.17, 15) is 14.7 Å². The first-order chi connectivity index (χ1) is 16.5. The van der Waals surface area contributed by atoms with Crippen LogP contribution in [0.2, 0.25) is 0 Å². The number of benzene rings is 2. The molecular weight excluding hydrogens is 440 g/mol. The lowest BCUT2D eigenvalue weighted by molar-refractivity contribution is -0.140. The summed E-state index contributed by atoms with van der Waals surface area (Å²) >= 11 is 0. The van der Waals surface area contributed by atoms with Gasteiger partial charge >= 0.3 is 0 Å². The quantitative estimate of drug-likeness (QED) is 0.326. The third kappa shape index (κ3) is 5.76. The highest BCUT2D eigenvalue weighted by Crippen LogP contribution is 2.40. The molecule has 2 aromatic rings. The second-order valence-electron chi connectivity index (χ2n) is 10.5. The average Bonchev–Trinajstić information content (AvgIpc) is 3.05. The van der Waals surface area contributed by atoms with E-state index in [1.54, 1.807) is 23.1 Å². The Balaban J connectivity index is 2.10. The van der Waals surface area contributed by atoms with E-state index in [1.165, 1.54) is 0 Å². The van der Waals surface area contributed by atoms with Crippen molar-refractivity contribution in [2.75, 3.05) is 33.8 Å². The number of amides is 1. The Bertz CT molecular complexity index is 1110. The number of nitrogens with zero attached hydrogens (tertiary/aromatic N) is 2. The van der Waals surface area contributed by atoms with Crippen molar-refractivity contribution in [2.45, 2.75) is 52.5 Å². The molecule has 0 radical (unpaired) electrons. The maximum atomic E-state index is 13.2. The zero-order valence-corrected chi connectivity index (χ0v) is 22.0. The molecule has 0 aliphatic carbocycles. The van der Waals surface area contributed by atoms with Gasteiger partial charge in [-0.05, 0) is 67.7 Å². The minimum atomic E-state index is -0.657. The smallest absolute Gasteiger partial charge is 0.295 e. The lowest BCUT2D eigenvalue weighted by atomic mass is 9.85. The van der Waals surface area contributed by atoms with Crippen molar-refractivity contribution in [3.8, 4) is 5.75 Å². The van der Waals surface area contributed by atoms with E-state index in [0.29, 0.717) is 25.3 Å². The van der Waals surface area contributed by atoms with Gasteiger partial charge in [-0.1, -0.05) is 52.0 Å². The van der Waals surface area contributed by atoms with E-state index >= 15 is 0 Å². The molecule has 2 aromatic carbocycles. The molecule has 0 saturated carbocycles. The highest BCUT2D eigenvalue weighted by atomic mass is 16.5. The SMILES string of the molecule is CCCOc1ccc(/C(O)=C2/C(=O)C(=O)N(CCN(C)C)C2c2ccc(C(C)(C)C)cc2)cc1C. The minimum Gasteiger partial charge on any atom is -0.507 e. The Morgan fingerprint density at radius 3 is 2.29 bits per heavy atom. The maximum absolute atomic E-state index is 13.2. The summed E-state index contributed by atoms with van der Waals surface area (Å²) in [5.41, 5.74) is 3.41. The molecule has 6 heteroatoms. The topological polar surface area (TPSA) is 70.1 Å². The molecule has 1 fully saturated rings. The van der Waals surface area contributed by atoms with Gasteiger partial charge in [0.05, 0.1) is 18.2 Å². The fourth-order valence-electron chi connectivity index (χ4n) is 4.26.